The van der Waals surface area contributed by atoms with Gasteiger partial charge in [-0.15, -0.1) is 0 Å². The van der Waals surface area contributed by atoms with Crippen LogP contribution in [-0.4, -0.2) is 36.9 Å². The molecule has 0 atom stereocenters. The van der Waals surface area contributed by atoms with E-state index >= 15 is 0 Å². The predicted octanol–water partition coefficient (Wildman–Crippen LogP) is 2.54. The van der Waals surface area contributed by atoms with Gasteiger partial charge in [0.1, 0.15) is 16.4 Å². The van der Waals surface area contributed by atoms with Gasteiger partial charge in [0.05, 0.1) is 5.69 Å². The van der Waals surface area contributed by atoms with E-state index in [-0.39, 0.29) is 16.5 Å². The topological polar surface area (TPSA) is 71.4 Å². The zero-order valence-corrected chi connectivity index (χ0v) is 14.9. The molecule has 0 unspecified atom stereocenters. The summed E-state index contributed by atoms with van der Waals surface area (Å²) in [6.45, 7) is 5.74. The van der Waals surface area contributed by atoms with Crippen molar-refractivity contribution < 1.29 is 17.6 Å². The fourth-order valence-corrected chi connectivity index (χ4v) is 3.95. The monoisotopic (exact) mass is 365 g/mol. The van der Waals surface area contributed by atoms with Gasteiger partial charge in [-0.25, -0.2) is 12.8 Å². The van der Waals surface area contributed by atoms with Crippen molar-refractivity contribution in [2.75, 3.05) is 17.8 Å². The first-order chi connectivity index (χ1) is 11.8. The molecule has 1 aromatic heterocycles. The Morgan fingerprint density at radius 3 is 2.64 bits per heavy atom. The van der Waals surface area contributed by atoms with Gasteiger partial charge >= 0.3 is 0 Å². The number of halogens is 1. The van der Waals surface area contributed by atoms with Crippen molar-refractivity contribution in [3.8, 4) is 0 Å². The molecule has 2 aromatic rings. The molecule has 8 heteroatoms. The number of anilines is 1. The lowest BCUT2D eigenvalue weighted by molar-refractivity contribution is 0.0683. The number of hydrogen-bond acceptors (Lipinski definition) is 3. The van der Waals surface area contributed by atoms with Crippen molar-refractivity contribution in [1.82, 2.24) is 9.47 Å². The maximum absolute atomic E-state index is 13.7. The number of carbonyl (C=O) groups excluding carboxylic acids is 1. The third kappa shape index (κ3) is 3.53. The van der Waals surface area contributed by atoms with Crippen LogP contribution in [0.15, 0.2) is 41.4 Å². The number of hydrogen-bond donors (Lipinski definition) is 1. The minimum atomic E-state index is -3.98. The van der Waals surface area contributed by atoms with E-state index in [0.29, 0.717) is 31.2 Å². The second-order valence-corrected chi connectivity index (χ2v) is 8.17. The number of amides is 1. The molecule has 0 saturated carbocycles. The molecule has 3 rings (SSSR count). The van der Waals surface area contributed by atoms with Crippen molar-refractivity contribution >= 4 is 21.6 Å². The molecule has 2 heterocycles. The second-order valence-electron chi connectivity index (χ2n) is 6.48. The third-order valence-corrected chi connectivity index (χ3v) is 5.34. The Labute approximate surface area is 146 Å². The van der Waals surface area contributed by atoms with E-state index in [4.69, 9.17) is 0 Å². The Balaban J connectivity index is 1.88. The molecule has 1 aliphatic heterocycles. The van der Waals surface area contributed by atoms with Gasteiger partial charge in [-0.1, -0.05) is 26.0 Å². The molecule has 0 spiro atoms. The summed E-state index contributed by atoms with van der Waals surface area (Å²) < 4.78 is 42.6. The molecular weight excluding hydrogens is 345 g/mol. The van der Waals surface area contributed by atoms with Crippen LogP contribution in [0.2, 0.25) is 0 Å². The number of benzene rings is 1. The van der Waals surface area contributed by atoms with Crippen LogP contribution in [0, 0.1) is 11.7 Å². The number of aromatic nitrogens is 1. The molecule has 6 nitrogen and oxygen atoms in total. The standard InChI is InChI=1S/C17H20FN3O3S/c1-12(2)10-21-8-7-20-11-13(9-16(20)17(21)22)25(23,24)19-15-6-4-3-5-14(15)18/h3-6,9,11-12,19H,7-8,10H2,1-2H3. The van der Waals surface area contributed by atoms with E-state index in [1.54, 1.807) is 15.5 Å². The molecule has 1 aromatic carbocycles. The molecule has 1 aliphatic rings. The number of para-hydroxylation sites is 1. The maximum Gasteiger partial charge on any atom is 0.270 e. The van der Waals surface area contributed by atoms with Gasteiger partial charge in [-0.2, -0.15) is 0 Å². The molecule has 0 saturated heterocycles. The fraction of sp³-hybridized carbons (Fsp3) is 0.353. The highest BCUT2D eigenvalue weighted by Gasteiger charge is 2.28. The summed E-state index contributed by atoms with van der Waals surface area (Å²) in [5.74, 6) is -0.516. The van der Waals surface area contributed by atoms with Crippen molar-refractivity contribution in [3.63, 3.8) is 0 Å². The SMILES string of the molecule is CC(C)CN1CCn2cc(S(=O)(=O)Nc3ccccc3F)cc2C1=O. The van der Waals surface area contributed by atoms with E-state index in [1.165, 1.54) is 30.5 Å². The summed E-state index contributed by atoms with van der Waals surface area (Å²) in [5, 5.41) is 0. The molecule has 134 valence electrons. The maximum atomic E-state index is 13.7. The first-order valence-electron chi connectivity index (χ1n) is 8.05. The van der Waals surface area contributed by atoms with Crippen LogP contribution >= 0.6 is 0 Å². The van der Waals surface area contributed by atoms with Crippen LogP contribution in [0.1, 0.15) is 24.3 Å². The summed E-state index contributed by atoms with van der Waals surface area (Å²) in [7, 11) is -3.98. The minimum absolute atomic E-state index is 0.0505. The number of nitrogens with one attached hydrogen (secondary N) is 1. The normalized spacial score (nSPS) is 14.7. The smallest absolute Gasteiger partial charge is 0.270 e. The van der Waals surface area contributed by atoms with Gasteiger partial charge in [0, 0.05) is 25.8 Å². The Bertz CT molecular complexity index is 906. The Morgan fingerprint density at radius 1 is 1.24 bits per heavy atom. The molecule has 1 amide bonds. The largest absolute Gasteiger partial charge is 0.340 e. The summed E-state index contributed by atoms with van der Waals surface area (Å²) in [5.41, 5.74) is 0.209. The molecule has 0 bridgehead atoms. The first kappa shape index (κ1) is 17.5. The van der Waals surface area contributed by atoms with Gasteiger partial charge < -0.3 is 9.47 Å². The molecular formula is C17H20FN3O3S. The molecule has 25 heavy (non-hydrogen) atoms. The summed E-state index contributed by atoms with van der Waals surface area (Å²) in [6, 6.07) is 6.89. The lowest BCUT2D eigenvalue weighted by Crippen LogP contribution is -2.41. The number of carbonyl (C=O) groups is 1. The van der Waals surface area contributed by atoms with Crippen LogP contribution in [0.4, 0.5) is 10.1 Å². The lowest BCUT2D eigenvalue weighted by atomic mass is 10.2. The quantitative estimate of drug-likeness (QED) is 0.885. The van der Waals surface area contributed by atoms with E-state index in [0.717, 1.165) is 0 Å². The van der Waals surface area contributed by atoms with E-state index < -0.39 is 15.8 Å². The van der Waals surface area contributed by atoms with Crippen molar-refractivity contribution in [2.24, 2.45) is 5.92 Å². The van der Waals surface area contributed by atoms with E-state index in [9.17, 15) is 17.6 Å². The first-order valence-corrected chi connectivity index (χ1v) is 9.53. The van der Waals surface area contributed by atoms with E-state index in [1.807, 2.05) is 13.8 Å². The Kier molecular flexibility index (Phi) is 4.55. The van der Waals surface area contributed by atoms with Gasteiger partial charge in [-0.05, 0) is 24.1 Å². The molecule has 0 radical (unpaired) electrons. The van der Waals surface area contributed by atoms with Crippen LogP contribution in [-0.2, 0) is 16.6 Å². The zero-order valence-electron chi connectivity index (χ0n) is 14.1. The lowest BCUT2D eigenvalue weighted by Gasteiger charge is -2.29. The number of fused-ring (bicyclic) bond motifs is 1. The predicted molar refractivity (Wildman–Crippen MR) is 92.4 cm³/mol. The minimum Gasteiger partial charge on any atom is -0.340 e. The van der Waals surface area contributed by atoms with Crippen LogP contribution in [0.5, 0.6) is 0 Å². The van der Waals surface area contributed by atoms with Crippen LogP contribution < -0.4 is 4.72 Å². The van der Waals surface area contributed by atoms with Gasteiger partial charge in [0.2, 0.25) is 0 Å². The fourth-order valence-electron chi connectivity index (χ4n) is 2.85. The summed E-state index contributed by atoms with van der Waals surface area (Å²) >= 11 is 0. The Hall–Kier alpha value is -2.35. The highest BCUT2D eigenvalue weighted by Crippen LogP contribution is 2.23. The van der Waals surface area contributed by atoms with Crippen LogP contribution in [0.3, 0.4) is 0 Å². The van der Waals surface area contributed by atoms with Crippen molar-refractivity contribution in [1.29, 1.82) is 0 Å². The highest BCUT2D eigenvalue weighted by atomic mass is 32.2. The van der Waals surface area contributed by atoms with Crippen LogP contribution in [0.25, 0.3) is 0 Å². The molecule has 1 N–H and O–H groups in total. The summed E-state index contributed by atoms with van der Waals surface area (Å²) in [4.78, 5) is 14.2. The molecule has 0 fully saturated rings. The average Bonchev–Trinajstić information content (AvgIpc) is 2.98. The third-order valence-electron chi connectivity index (χ3n) is 4.00. The highest BCUT2D eigenvalue weighted by molar-refractivity contribution is 7.92. The molecule has 0 aliphatic carbocycles. The number of sulfonamides is 1. The average molecular weight is 365 g/mol. The van der Waals surface area contributed by atoms with Crippen molar-refractivity contribution in [3.05, 3.63) is 48.0 Å². The van der Waals surface area contributed by atoms with Gasteiger partial charge in [0.25, 0.3) is 15.9 Å². The van der Waals surface area contributed by atoms with Crippen molar-refractivity contribution in [2.45, 2.75) is 25.3 Å². The number of rotatable bonds is 5. The van der Waals surface area contributed by atoms with Gasteiger partial charge in [0.15, 0.2) is 0 Å². The number of nitrogens with zero attached hydrogens (tertiary/aromatic N) is 2. The Morgan fingerprint density at radius 2 is 1.96 bits per heavy atom. The van der Waals surface area contributed by atoms with Gasteiger partial charge in [-0.3, -0.25) is 9.52 Å². The zero-order chi connectivity index (χ0) is 18.2. The second kappa shape index (κ2) is 6.51. The van der Waals surface area contributed by atoms with E-state index in [2.05, 4.69) is 4.72 Å². The summed E-state index contributed by atoms with van der Waals surface area (Å²) in [6.07, 6.45) is 1.42.